The topological polar surface area (TPSA) is 104 Å². The molecule has 2 amide bonds. The lowest BCUT2D eigenvalue weighted by Gasteiger charge is -2.17. The molecule has 0 saturated carbocycles. The highest BCUT2D eigenvalue weighted by atomic mass is 16.4. The minimum absolute atomic E-state index is 0.0997. The summed E-state index contributed by atoms with van der Waals surface area (Å²) in [7, 11) is 0. The second kappa shape index (κ2) is 8.68. The summed E-state index contributed by atoms with van der Waals surface area (Å²) in [5.74, 6) is -0.927. The van der Waals surface area contributed by atoms with Gasteiger partial charge in [-0.2, -0.15) is 0 Å². The van der Waals surface area contributed by atoms with Gasteiger partial charge >= 0.3 is 12.0 Å². The van der Waals surface area contributed by atoms with Gasteiger partial charge in [-0.3, -0.25) is 4.79 Å². The lowest BCUT2D eigenvalue weighted by molar-refractivity contribution is -0.137. The first-order valence-electron chi connectivity index (χ1n) is 9.27. The summed E-state index contributed by atoms with van der Waals surface area (Å²) in [4.78, 5) is 23.3. The van der Waals surface area contributed by atoms with Crippen LogP contribution >= 0.6 is 0 Å². The van der Waals surface area contributed by atoms with E-state index in [0.717, 1.165) is 19.3 Å². The van der Waals surface area contributed by atoms with Crippen molar-refractivity contribution in [2.75, 3.05) is 11.9 Å². The van der Waals surface area contributed by atoms with Crippen LogP contribution in [-0.4, -0.2) is 29.7 Å². The Balaban J connectivity index is 1.62. The second-order valence-electron chi connectivity index (χ2n) is 6.88. The maximum absolute atomic E-state index is 12.3. The number of nitrogens with one attached hydrogen (secondary N) is 2. The Kier molecular flexibility index (Phi) is 6.08. The molecule has 0 unspecified atom stereocenters. The third-order valence-corrected chi connectivity index (χ3v) is 4.81. The molecule has 6 nitrogen and oxygen atoms in total. The quantitative estimate of drug-likeness (QED) is 0.458. The summed E-state index contributed by atoms with van der Waals surface area (Å²) in [6, 6.07) is 13.4. The molecule has 1 aliphatic carbocycles. The highest BCUT2D eigenvalue weighted by Gasteiger charge is 2.19. The number of carboxylic acid groups (broad SMARTS) is 1. The van der Waals surface area contributed by atoms with Crippen LogP contribution in [-0.2, 0) is 11.2 Å². The van der Waals surface area contributed by atoms with Gasteiger partial charge < -0.3 is 21.5 Å². The number of carbonyl (C=O) groups excluding carboxylic acids is 1. The third-order valence-electron chi connectivity index (χ3n) is 4.81. The number of nitrogens with two attached hydrogens (primary N) is 1. The molecule has 0 bridgehead atoms. The van der Waals surface area contributed by atoms with E-state index >= 15 is 0 Å². The number of unbranched alkanes of at least 4 members (excludes halogenated alkanes) is 1. The SMILES string of the molecule is NCCCC[C@@H](CC(=O)O)NC(=O)Nc1ccc2c(c1)Cc1ccccc1-2. The lowest BCUT2D eigenvalue weighted by atomic mass is 10.1. The number of hydrogen-bond donors (Lipinski definition) is 4. The number of benzene rings is 2. The summed E-state index contributed by atoms with van der Waals surface area (Å²) in [5, 5.41) is 14.6. The van der Waals surface area contributed by atoms with Crippen LogP contribution in [0.1, 0.15) is 36.8 Å². The molecule has 27 heavy (non-hydrogen) atoms. The average molecular weight is 367 g/mol. The molecule has 0 aromatic heterocycles. The van der Waals surface area contributed by atoms with E-state index in [2.05, 4.69) is 22.8 Å². The van der Waals surface area contributed by atoms with Crippen molar-refractivity contribution in [3.05, 3.63) is 53.6 Å². The number of carboxylic acids is 1. The van der Waals surface area contributed by atoms with Gasteiger partial charge in [0.25, 0.3) is 0 Å². The predicted molar refractivity (Wildman–Crippen MR) is 106 cm³/mol. The molecule has 6 heteroatoms. The number of hydrogen-bond acceptors (Lipinski definition) is 3. The fraction of sp³-hybridized carbons (Fsp3) is 0.333. The molecule has 5 N–H and O–H groups in total. The molecule has 1 aliphatic rings. The highest BCUT2D eigenvalue weighted by molar-refractivity contribution is 5.91. The largest absolute Gasteiger partial charge is 0.481 e. The third kappa shape index (κ3) is 4.86. The van der Waals surface area contributed by atoms with Gasteiger partial charge in [0.1, 0.15) is 0 Å². The summed E-state index contributed by atoms with van der Waals surface area (Å²) in [5.41, 5.74) is 11.1. The number of anilines is 1. The van der Waals surface area contributed by atoms with Crippen LogP contribution in [0.15, 0.2) is 42.5 Å². The zero-order chi connectivity index (χ0) is 19.2. The summed E-state index contributed by atoms with van der Waals surface area (Å²) in [6.07, 6.45) is 2.94. The van der Waals surface area contributed by atoms with E-state index in [-0.39, 0.29) is 12.5 Å². The smallest absolute Gasteiger partial charge is 0.319 e. The Morgan fingerprint density at radius 1 is 1.07 bits per heavy atom. The molecule has 0 heterocycles. The van der Waals surface area contributed by atoms with E-state index in [1.807, 2.05) is 30.3 Å². The van der Waals surface area contributed by atoms with Crippen molar-refractivity contribution in [2.24, 2.45) is 5.73 Å². The Morgan fingerprint density at radius 2 is 1.85 bits per heavy atom. The van der Waals surface area contributed by atoms with E-state index in [1.165, 1.54) is 22.3 Å². The van der Waals surface area contributed by atoms with Gasteiger partial charge in [0.05, 0.1) is 6.42 Å². The number of rotatable bonds is 8. The lowest BCUT2D eigenvalue weighted by Crippen LogP contribution is -2.39. The molecule has 2 aromatic rings. The van der Waals surface area contributed by atoms with Crippen molar-refractivity contribution in [3.63, 3.8) is 0 Å². The number of amides is 2. The minimum atomic E-state index is -0.927. The Morgan fingerprint density at radius 3 is 2.63 bits per heavy atom. The van der Waals surface area contributed by atoms with Crippen molar-refractivity contribution in [2.45, 2.75) is 38.1 Å². The monoisotopic (exact) mass is 367 g/mol. The summed E-state index contributed by atoms with van der Waals surface area (Å²) < 4.78 is 0. The summed E-state index contributed by atoms with van der Waals surface area (Å²) >= 11 is 0. The van der Waals surface area contributed by atoms with Crippen molar-refractivity contribution in [3.8, 4) is 11.1 Å². The zero-order valence-corrected chi connectivity index (χ0v) is 15.2. The molecule has 3 rings (SSSR count). The first kappa shape index (κ1) is 18.9. The van der Waals surface area contributed by atoms with Gasteiger partial charge in [0.2, 0.25) is 0 Å². The molecule has 0 saturated heterocycles. The Bertz CT molecular complexity index is 835. The van der Waals surface area contributed by atoms with E-state index in [0.29, 0.717) is 18.7 Å². The molecular weight excluding hydrogens is 342 g/mol. The van der Waals surface area contributed by atoms with Crippen molar-refractivity contribution >= 4 is 17.7 Å². The average Bonchev–Trinajstić information content (AvgIpc) is 2.99. The van der Waals surface area contributed by atoms with E-state index in [9.17, 15) is 9.59 Å². The molecule has 142 valence electrons. The van der Waals surface area contributed by atoms with Gasteiger partial charge in [-0.05, 0) is 60.2 Å². The van der Waals surface area contributed by atoms with Crippen LogP contribution in [0.4, 0.5) is 10.5 Å². The van der Waals surface area contributed by atoms with Crippen molar-refractivity contribution in [1.82, 2.24) is 5.32 Å². The van der Waals surface area contributed by atoms with Crippen LogP contribution in [0.25, 0.3) is 11.1 Å². The van der Waals surface area contributed by atoms with Crippen LogP contribution in [0.3, 0.4) is 0 Å². The molecule has 1 atom stereocenters. The summed E-state index contributed by atoms with van der Waals surface area (Å²) in [6.45, 7) is 0.559. The number of carbonyl (C=O) groups is 2. The van der Waals surface area contributed by atoms with E-state index < -0.39 is 12.0 Å². The first-order chi connectivity index (χ1) is 13.1. The fourth-order valence-corrected chi connectivity index (χ4v) is 3.55. The number of urea groups is 1. The fourth-order valence-electron chi connectivity index (χ4n) is 3.55. The normalized spacial score (nSPS) is 12.8. The van der Waals surface area contributed by atoms with Crippen LogP contribution in [0, 0.1) is 0 Å². The van der Waals surface area contributed by atoms with Gasteiger partial charge in [0, 0.05) is 11.7 Å². The van der Waals surface area contributed by atoms with E-state index in [4.69, 9.17) is 10.8 Å². The van der Waals surface area contributed by atoms with Crippen LogP contribution in [0.2, 0.25) is 0 Å². The van der Waals surface area contributed by atoms with Crippen molar-refractivity contribution in [1.29, 1.82) is 0 Å². The minimum Gasteiger partial charge on any atom is -0.481 e. The molecular formula is C21H25N3O3. The van der Waals surface area contributed by atoms with Gasteiger partial charge in [-0.15, -0.1) is 0 Å². The van der Waals surface area contributed by atoms with E-state index in [1.54, 1.807) is 0 Å². The van der Waals surface area contributed by atoms with Gasteiger partial charge in [0.15, 0.2) is 0 Å². The first-order valence-corrected chi connectivity index (χ1v) is 9.27. The predicted octanol–water partition coefficient (Wildman–Crippen LogP) is 3.35. The van der Waals surface area contributed by atoms with Crippen LogP contribution in [0.5, 0.6) is 0 Å². The maximum Gasteiger partial charge on any atom is 0.319 e. The van der Waals surface area contributed by atoms with Crippen LogP contribution < -0.4 is 16.4 Å². The number of aliphatic carboxylic acids is 1. The molecule has 0 aliphatic heterocycles. The molecule has 0 radical (unpaired) electrons. The second-order valence-corrected chi connectivity index (χ2v) is 6.88. The molecule has 0 spiro atoms. The Labute approximate surface area is 158 Å². The maximum atomic E-state index is 12.3. The number of fused-ring (bicyclic) bond motifs is 3. The Hall–Kier alpha value is -2.86. The zero-order valence-electron chi connectivity index (χ0n) is 15.2. The standard InChI is InChI=1S/C21H25N3O3/c22-10-4-3-6-16(13-20(25)26)23-21(27)24-17-8-9-19-15(12-17)11-14-5-1-2-7-18(14)19/h1-2,5,7-9,12,16H,3-4,6,10-11,13,22H2,(H,25,26)(H2,23,24,27)/t16-/m0/s1. The van der Waals surface area contributed by atoms with Gasteiger partial charge in [-0.25, -0.2) is 4.79 Å². The van der Waals surface area contributed by atoms with Gasteiger partial charge in [-0.1, -0.05) is 36.8 Å². The molecule has 2 aromatic carbocycles. The van der Waals surface area contributed by atoms with Crippen molar-refractivity contribution < 1.29 is 14.7 Å². The molecule has 0 fully saturated rings. The highest BCUT2D eigenvalue weighted by Crippen LogP contribution is 2.37.